The van der Waals surface area contributed by atoms with Gasteiger partial charge in [0.2, 0.25) is 0 Å². The minimum absolute atomic E-state index is 0.0708. The molecule has 30 heavy (non-hydrogen) atoms. The van der Waals surface area contributed by atoms with Crippen LogP contribution in [0.4, 0.5) is 8.78 Å². The fourth-order valence-corrected chi connectivity index (χ4v) is 3.24. The molecule has 0 radical (unpaired) electrons. The number of carbonyl (C=O) groups excluding carboxylic acids is 1. The number of rotatable bonds is 7. The van der Waals surface area contributed by atoms with E-state index in [4.69, 9.17) is 4.74 Å². The normalized spacial score (nSPS) is 12.1. The molecule has 0 aliphatic heterocycles. The van der Waals surface area contributed by atoms with Crippen molar-refractivity contribution in [3.8, 4) is 17.0 Å². The summed E-state index contributed by atoms with van der Waals surface area (Å²) < 4.78 is 34.1. The van der Waals surface area contributed by atoms with Gasteiger partial charge in [0.05, 0.1) is 18.7 Å². The number of aryl methyl sites for hydroxylation is 1. The van der Waals surface area contributed by atoms with Gasteiger partial charge in [-0.25, -0.2) is 8.78 Å². The zero-order valence-electron chi connectivity index (χ0n) is 17.3. The first-order chi connectivity index (χ1) is 14.3. The molecule has 1 heterocycles. The van der Waals surface area contributed by atoms with Gasteiger partial charge in [-0.1, -0.05) is 12.1 Å². The van der Waals surface area contributed by atoms with Crippen LogP contribution in [0, 0.1) is 11.6 Å². The van der Waals surface area contributed by atoms with Crippen molar-refractivity contribution in [1.29, 1.82) is 0 Å². The van der Waals surface area contributed by atoms with E-state index in [1.54, 1.807) is 14.2 Å². The minimum atomic E-state index is -0.771. The number of likely N-dealkylation sites (N-methyl/N-ethyl adjacent to an activating group) is 1. The topological polar surface area (TPSA) is 59.4 Å². The van der Waals surface area contributed by atoms with E-state index in [2.05, 4.69) is 10.4 Å². The molecule has 0 bridgehead atoms. The lowest BCUT2D eigenvalue weighted by Gasteiger charge is -2.25. The number of carbonyl (C=O) groups is 1. The highest BCUT2D eigenvalue weighted by Gasteiger charge is 2.22. The van der Waals surface area contributed by atoms with Crippen LogP contribution in [0.3, 0.4) is 0 Å². The monoisotopic (exact) mass is 414 g/mol. The fourth-order valence-electron chi connectivity index (χ4n) is 3.24. The van der Waals surface area contributed by atoms with Crippen molar-refractivity contribution < 1.29 is 18.3 Å². The molecule has 0 saturated carbocycles. The average Bonchev–Trinajstić information content (AvgIpc) is 3.09. The Labute approximate surface area is 174 Å². The van der Waals surface area contributed by atoms with E-state index in [0.717, 1.165) is 23.4 Å². The number of benzene rings is 2. The second kappa shape index (κ2) is 9.04. The van der Waals surface area contributed by atoms with Crippen molar-refractivity contribution in [3.05, 3.63) is 71.4 Å². The predicted octanol–water partition coefficient (Wildman–Crippen LogP) is 3.41. The Balaban J connectivity index is 1.81. The molecule has 6 nitrogen and oxygen atoms in total. The number of methoxy groups -OCH3 is 1. The van der Waals surface area contributed by atoms with Gasteiger partial charge >= 0.3 is 0 Å². The number of hydrogen-bond donors (Lipinski definition) is 1. The summed E-state index contributed by atoms with van der Waals surface area (Å²) in [6.45, 7) is 0.332. The summed E-state index contributed by atoms with van der Waals surface area (Å²) in [7, 11) is 7.09. The van der Waals surface area contributed by atoms with Gasteiger partial charge < -0.3 is 15.0 Å². The SMILES string of the molecule is COc1ccc(C(CNC(=O)c2cn(C)nc2-c2ccc(F)cc2F)N(C)C)cc1. The van der Waals surface area contributed by atoms with Crippen LogP contribution in [0.5, 0.6) is 5.75 Å². The first-order valence-corrected chi connectivity index (χ1v) is 9.37. The molecule has 1 unspecified atom stereocenters. The number of nitrogens with one attached hydrogen (secondary N) is 1. The fraction of sp³-hybridized carbons (Fsp3) is 0.273. The van der Waals surface area contributed by atoms with Crippen LogP contribution in [0.15, 0.2) is 48.7 Å². The van der Waals surface area contributed by atoms with Crippen LogP contribution in [-0.4, -0.2) is 48.3 Å². The van der Waals surface area contributed by atoms with Crippen LogP contribution in [0.2, 0.25) is 0 Å². The molecule has 1 amide bonds. The highest BCUT2D eigenvalue weighted by molar-refractivity contribution is 5.99. The molecular weight excluding hydrogens is 390 g/mol. The molecule has 2 aromatic carbocycles. The summed E-state index contributed by atoms with van der Waals surface area (Å²) in [5, 5.41) is 7.10. The second-order valence-electron chi connectivity index (χ2n) is 7.15. The summed E-state index contributed by atoms with van der Waals surface area (Å²) in [6.07, 6.45) is 1.52. The maximum absolute atomic E-state index is 14.3. The van der Waals surface area contributed by atoms with Gasteiger partial charge in [0.15, 0.2) is 0 Å². The summed E-state index contributed by atoms with van der Waals surface area (Å²) in [4.78, 5) is 14.9. The van der Waals surface area contributed by atoms with Gasteiger partial charge in [0.25, 0.3) is 5.91 Å². The molecule has 1 aromatic heterocycles. The van der Waals surface area contributed by atoms with Crippen LogP contribution >= 0.6 is 0 Å². The molecule has 0 fully saturated rings. The number of amides is 1. The summed E-state index contributed by atoms with van der Waals surface area (Å²) in [6, 6.07) is 10.7. The zero-order valence-corrected chi connectivity index (χ0v) is 17.3. The van der Waals surface area contributed by atoms with Gasteiger partial charge in [-0.3, -0.25) is 9.48 Å². The molecule has 0 aliphatic rings. The molecule has 1 N–H and O–H groups in total. The van der Waals surface area contributed by atoms with Crippen molar-refractivity contribution in [2.24, 2.45) is 7.05 Å². The highest BCUT2D eigenvalue weighted by Crippen LogP contribution is 2.26. The van der Waals surface area contributed by atoms with E-state index in [0.29, 0.717) is 6.54 Å². The van der Waals surface area contributed by atoms with Crippen LogP contribution in [-0.2, 0) is 7.05 Å². The Morgan fingerprint density at radius 1 is 1.20 bits per heavy atom. The van der Waals surface area contributed by atoms with Gasteiger partial charge in [-0.05, 0) is 43.9 Å². The van der Waals surface area contributed by atoms with Crippen molar-refractivity contribution in [2.75, 3.05) is 27.7 Å². The predicted molar refractivity (Wildman–Crippen MR) is 110 cm³/mol. The van der Waals surface area contributed by atoms with Crippen LogP contribution < -0.4 is 10.1 Å². The van der Waals surface area contributed by atoms with Crippen LogP contribution in [0.25, 0.3) is 11.3 Å². The number of hydrogen-bond acceptors (Lipinski definition) is 4. The lowest BCUT2D eigenvalue weighted by Crippen LogP contribution is -2.34. The average molecular weight is 414 g/mol. The van der Waals surface area contributed by atoms with Crippen molar-refractivity contribution in [2.45, 2.75) is 6.04 Å². The van der Waals surface area contributed by atoms with E-state index in [9.17, 15) is 13.6 Å². The standard InChI is InChI=1S/C22H24F2N4O2/c1-27(2)20(14-5-8-16(30-4)9-6-14)12-25-22(29)18-13-28(3)26-21(18)17-10-7-15(23)11-19(17)24/h5-11,13,20H,12H2,1-4H3,(H,25,29). The van der Waals surface area contributed by atoms with Gasteiger partial charge in [0.1, 0.15) is 23.1 Å². The van der Waals surface area contributed by atoms with Crippen molar-refractivity contribution in [1.82, 2.24) is 20.0 Å². The molecule has 0 spiro atoms. The Kier molecular flexibility index (Phi) is 6.47. The Morgan fingerprint density at radius 3 is 2.50 bits per heavy atom. The third-order valence-electron chi connectivity index (χ3n) is 4.84. The Morgan fingerprint density at radius 2 is 1.90 bits per heavy atom. The maximum Gasteiger partial charge on any atom is 0.255 e. The Hall–Kier alpha value is -3.26. The first kappa shape index (κ1) is 21.4. The highest BCUT2D eigenvalue weighted by atomic mass is 19.1. The molecule has 3 aromatic rings. The zero-order chi connectivity index (χ0) is 21.8. The van der Waals surface area contributed by atoms with E-state index < -0.39 is 11.6 Å². The molecule has 158 valence electrons. The molecule has 1 atom stereocenters. The molecule has 8 heteroatoms. The third-order valence-corrected chi connectivity index (χ3v) is 4.84. The van der Waals surface area contributed by atoms with Crippen molar-refractivity contribution in [3.63, 3.8) is 0 Å². The van der Waals surface area contributed by atoms with Crippen LogP contribution in [0.1, 0.15) is 22.0 Å². The maximum atomic E-state index is 14.3. The minimum Gasteiger partial charge on any atom is -0.497 e. The molecule has 3 rings (SSSR count). The first-order valence-electron chi connectivity index (χ1n) is 9.37. The summed E-state index contributed by atoms with van der Waals surface area (Å²) in [5.41, 5.74) is 1.46. The smallest absolute Gasteiger partial charge is 0.255 e. The summed E-state index contributed by atoms with van der Waals surface area (Å²) >= 11 is 0. The van der Waals surface area contributed by atoms with E-state index >= 15 is 0 Å². The largest absolute Gasteiger partial charge is 0.497 e. The lowest BCUT2D eigenvalue weighted by atomic mass is 10.0. The number of aromatic nitrogens is 2. The lowest BCUT2D eigenvalue weighted by molar-refractivity contribution is 0.0942. The Bertz CT molecular complexity index is 1030. The molecular formula is C22H24F2N4O2. The third kappa shape index (κ3) is 4.65. The molecule has 0 aliphatic carbocycles. The van der Waals surface area contributed by atoms with Crippen molar-refractivity contribution >= 4 is 5.91 Å². The second-order valence-corrected chi connectivity index (χ2v) is 7.15. The summed E-state index contributed by atoms with van der Waals surface area (Å²) in [5.74, 6) is -1.09. The molecule has 0 saturated heterocycles. The number of nitrogens with zero attached hydrogens (tertiary/aromatic N) is 3. The van der Waals surface area contributed by atoms with E-state index in [-0.39, 0.29) is 28.8 Å². The van der Waals surface area contributed by atoms with E-state index in [1.165, 1.54) is 16.9 Å². The van der Waals surface area contributed by atoms with Gasteiger partial charge in [0, 0.05) is 31.4 Å². The number of ether oxygens (including phenoxy) is 1. The van der Waals surface area contributed by atoms with Gasteiger partial charge in [-0.2, -0.15) is 5.10 Å². The number of halogens is 2. The van der Waals surface area contributed by atoms with Gasteiger partial charge in [-0.15, -0.1) is 0 Å². The van der Waals surface area contributed by atoms with E-state index in [1.807, 2.05) is 43.3 Å². The quantitative estimate of drug-likeness (QED) is 0.644.